The van der Waals surface area contributed by atoms with E-state index in [1.54, 1.807) is 25.1 Å². The molecule has 0 aromatic heterocycles. The molecule has 1 aromatic rings. The van der Waals surface area contributed by atoms with Gasteiger partial charge in [-0.3, -0.25) is 4.79 Å². The second kappa shape index (κ2) is 4.65. The molecule has 15 heavy (non-hydrogen) atoms. The first-order chi connectivity index (χ1) is 7.04. The Kier molecular flexibility index (Phi) is 3.51. The molecule has 1 amide bonds. The number of hydrogen-bond donors (Lipinski definition) is 4. The van der Waals surface area contributed by atoms with E-state index in [0.29, 0.717) is 16.9 Å². The van der Waals surface area contributed by atoms with Crippen molar-refractivity contribution in [1.29, 1.82) is 0 Å². The maximum absolute atomic E-state index is 11.1. The van der Waals surface area contributed by atoms with Gasteiger partial charge in [-0.15, -0.1) is 0 Å². The Morgan fingerprint density at radius 2 is 2.27 bits per heavy atom. The highest BCUT2D eigenvalue weighted by molar-refractivity contribution is 5.99. The SMILES string of the molecule is CC(CO)Nc1cc(N)ccc1C(N)=O. The van der Waals surface area contributed by atoms with E-state index in [2.05, 4.69) is 5.32 Å². The van der Waals surface area contributed by atoms with E-state index in [1.165, 1.54) is 0 Å². The summed E-state index contributed by atoms with van der Waals surface area (Å²) >= 11 is 0. The molecule has 1 aromatic carbocycles. The molecule has 0 fully saturated rings. The molecule has 0 aliphatic rings. The number of hydrogen-bond acceptors (Lipinski definition) is 4. The third-order valence-electron chi connectivity index (χ3n) is 1.98. The van der Waals surface area contributed by atoms with Gasteiger partial charge in [0.1, 0.15) is 0 Å². The van der Waals surface area contributed by atoms with Crippen LogP contribution in [0.25, 0.3) is 0 Å². The Bertz CT molecular complexity index is 366. The van der Waals surface area contributed by atoms with Gasteiger partial charge in [0.2, 0.25) is 0 Å². The highest BCUT2D eigenvalue weighted by Gasteiger charge is 2.10. The van der Waals surface area contributed by atoms with Crippen LogP contribution in [0.1, 0.15) is 17.3 Å². The number of nitrogen functional groups attached to an aromatic ring is 1. The van der Waals surface area contributed by atoms with Gasteiger partial charge >= 0.3 is 0 Å². The molecule has 5 nitrogen and oxygen atoms in total. The molecule has 0 heterocycles. The summed E-state index contributed by atoms with van der Waals surface area (Å²) in [5, 5.41) is 11.8. The molecule has 1 unspecified atom stereocenters. The van der Waals surface area contributed by atoms with E-state index in [9.17, 15) is 4.79 Å². The van der Waals surface area contributed by atoms with Gasteiger partial charge in [-0.25, -0.2) is 0 Å². The standard InChI is InChI=1S/C10H15N3O2/c1-6(5-14)13-9-4-7(11)2-3-8(9)10(12)15/h2-4,6,13-14H,5,11H2,1H3,(H2,12,15). The van der Waals surface area contributed by atoms with Gasteiger partial charge in [-0.2, -0.15) is 0 Å². The maximum atomic E-state index is 11.1. The summed E-state index contributed by atoms with van der Waals surface area (Å²) in [5.74, 6) is -0.525. The Morgan fingerprint density at radius 3 is 2.80 bits per heavy atom. The number of carbonyl (C=O) groups excluding carboxylic acids is 1. The minimum absolute atomic E-state index is 0.0347. The highest BCUT2D eigenvalue weighted by atomic mass is 16.3. The number of anilines is 2. The zero-order valence-corrected chi connectivity index (χ0v) is 8.53. The summed E-state index contributed by atoms with van der Waals surface area (Å²) in [6.45, 7) is 1.75. The lowest BCUT2D eigenvalue weighted by Gasteiger charge is -2.15. The first-order valence-corrected chi connectivity index (χ1v) is 4.61. The van der Waals surface area contributed by atoms with Gasteiger partial charge in [0.15, 0.2) is 0 Å². The fourth-order valence-electron chi connectivity index (χ4n) is 1.21. The molecule has 0 bridgehead atoms. The van der Waals surface area contributed by atoms with Crippen LogP contribution in [0.4, 0.5) is 11.4 Å². The number of carbonyl (C=O) groups is 1. The van der Waals surface area contributed by atoms with Gasteiger partial charge in [-0.1, -0.05) is 0 Å². The summed E-state index contributed by atoms with van der Waals surface area (Å²) < 4.78 is 0. The van der Waals surface area contributed by atoms with Crippen LogP contribution in [-0.2, 0) is 0 Å². The quantitative estimate of drug-likeness (QED) is 0.530. The fraction of sp³-hybridized carbons (Fsp3) is 0.300. The summed E-state index contributed by atoms with van der Waals surface area (Å²) in [6.07, 6.45) is 0. The van der Waals surface area contributed by atoms with E-state index < -0.39 is 5.91 Å². The zero-order chi connectivity index (χ0) is 11.4. The van der Waals surface area contributed by atoms with E-state index in [-0.39, 0.29) is 12.6 Å². The molecule has 0 radical (unpaired) electrons. The lowest BCUT2D eigenvalue weighted by molar-refractivity contribution is 0.100. The van der Waals surface area contributed by atoms with Gasteiger partial charge < -0.3 is 21.9 Å². The molecule has 0 saturated heterocycles. The first kappa shape index (κ1) is 11.3. The van der Waals surface area contributed by atoms with Crippen LogP contribution in [0.5, 0.6) is 0 Å². The largest absolute Gasteiger partial charge is 0.399 e. The van der Waals surface area contributed by atoms with Crippen molar-refractivity contribution in [1.82, 2.24) is 0 Å². The number of amides is 1. The monoisotopic (exact) mass is 209 g/mol. The van der Waals surface area contributed by atoms with Gasteiger partial charge in [-0.05, 0) is 25.1 Å². The van der Waals surface area contributed by atoms with E-state index in [4.69, 9.17) is 16.6 Å². The number of nitrogens with one attached hydrogen (secondary N) is 1. The van der Waals surface area contributed by atoms with E-state index >= 15 is 0 Å². The molecule has 0 saturated carbocycles. The Morgan fingerprint density at radius 1 is 1.60 bits per heavy atom. The lowest BCUT2D eigenvalue weighted by Crippen LogP contribution is -2.22. The van der Waals surface area contributed by atoms with E-state index in [1.807, 2.05) is 0 Å². The topological polar surface area (TPSA) is 101 Å². The van der Waals surface area contributed by atoms with Crippen molar-refractivity contribution in [3.05, 3.63) is 23.8 Å². The van der Waals surface area contributed by atoms with Crippen LogP contribution in [-0.4, -0.2) is 23.7 Å². The van der Waals surface area contributed by atoms with Crippen LogP contribution < -0.4 is 16.8 Å². The van der Waals surface area contributed by atoms with Crippen molar-refractivity contribution in [3.63, 3.8) is 0 Å². The van der Waals surface area contributed by atoms with Crippen molar-refractivity contribution in [2.24, 2.45) is 5.73 Å². The predicted molar refractivity (Wildman–Crippen MR) is 59.5 cm³/mol. The minimum Gasteiger partial charge on any atom is -0.399 e. The molecule has 1 atom stereocenters. The van der Waals surface area contributed by atoms with Gasteiger partial charge in [0.05, 0.1) is 12.2 Å². The number of nitrogens with two attached hydrogens (primary N) is 2. The lowest BCUT2D eigenvalue weighted by atomic mass is 10.1. The average Bonchev–Trinajstić information content (AvgIpc) is 2.17. The minimum atomic E-state index is -0.525. The molecule has 1 rings (SSSR count). The number of aliphatic hydroxyl groups is 1. The van der Waals surface area contributed by atoms with Crippen molar-refractivity contribution in [2.45, 2.75) is 13.0 Å². The summed E-state index contributed by atoms with van der Waals surface area (Å²) in [5.41, 5.74) is 12.2. The third kappa shape index (κ3) is 2.85. The third-order valence-corrected chi connectivity index (χ3v) is 1.98. The van der Waals surface area contributed by atoms with Crippen LogP contribution in [0.3, 0.4) is 0 Å². The van der Waals surface area contributed by atoms with Crippen LogP contribution in [0.15, 0.2) is 18.2 Å². The Hall–Kier alpha value is -1.75. The normalized spacial score (nSPS) is 12.1. The Labute approximate surface area is 88.1 Å². The summed E-state index contributed by atoms with van der Waals surface area (Å²) in [4.78, 5) is 11.1. The van der Waals surface area contributed by atoms with Crippen molar-refractivity contribution >= 4 is 17.3 Å². The predicted octanol–water partition coefficient (Wildman–Crippen LogP) is 0.160. The van der Waals surface area contributed by atoms with Crippen LogP contribution in [0, 0.1) is 0 Å². The molecular weight excluding hydrogens is 194 g/mol. The maximum Gasteiger partial charge on any atom is 0.250 e. The molecular formula is C10H15N3O2. The summed E-state index contributed by atoms with van der Waals surface area (Å²) in [7, 11) is 0. The number of aliphatic hydroxyl groups excluding tert-OH is 1. The molecule has 0 spiro atoms. The van der Waals surface area contributed by atoms with E-state index in [0.717, 1.165) is 0 Å². The summed E-state index contributed by atoms with van der Waals surface area (Å²) in [6, 6.07) is 4.62. The van der Waals surface area contributed by atoms with Gasteiger partial charge in [0.25, 0.3) is 5.91 Å². The second-order valence-corrected chi connectivity index (χ2v) is 3.40. The van der Waals surface area contributed by atoms with Crippen molar-refractivity contribution in [3.8, 4) is 0 Å². The van der Waals surface area contributed by atoms with Crippen LogP contribution in [0.2, 0.25) is 0 Å². The van der Waals surface area contributed by atoms with Gasteiger partial charge in [0, 0.05) is 17.4 Å². The molecule has 82 valence electrons. The van der Waals surface area contributed by atoms with Crippen LogP contribution >= 0.6 is 0 Å². The highest BCUT2D eigenvalue weighted by Crippen LogP contribution is 2.19. The van der Waals surface area contributed by atoms with Crippen molar-refractivity contribution < 1.29 is 9.90 Å². The molecule has 0 aliphatic carbocycles. The smallest absolute Gasteiger partial charge is 0.250 e. The number of benzene rings is 1. The van der Waals surface area contributed by atoms with Crippen molar-refractivity contribution in [2.75, 3.05) is 17.7 Å². The fourth-order valence-corrected chi connectivity index (χ4v) is 1.21. The average molecular weight is 209 g/mol. The second-order valence-electron chi connectivity index (χ2n) is 3.40. The molecule has 0 aliphatic heterocycles. The molecule has 5 heteroatoms. The zero-order valence-electron chi connectivity index (χ0n) is 8.53. The Balaban J connectivity index is 3.02. The molecule has 6 N–H and O–H groups in total. The number of primary amides is 1. The number of rotatable bonds is 4. The first-order valence-electron chi connectivity index (χ1n) is 4.61.